The summed E-state index contributed by atoms with van der Waals surface area (Å²) in [5.41, 5.74) is 0. The minimum absolute atomic E-state index is 0.174. The zero-order valence-corrected chi connectivity index (χ0v) is 8.56. The van der Waals surface area contributed by atoms with Crippen LogP contribution in [0.25, 0.3) is 0 Å². The first-order valence-corrected chi connectivity index (χ1v) is 4.96. The quantitative estimate of drug-likeness (QED) is 0.590. The van der Waals surface area contributed by atoms with Crippen LogP contribution in [0.2, 0.25) is 0 Å². The monoisotopic (exact) mass is 210 g/mol. The lowest BCUT2D eigenvalue weighted by molar-refractivity contribution is 0.0532. The second-order valence-corrected chi connectivity index (χ2v) is 3.43. The van der Waals surface area contributed by atoms with Crippen LogP contribution in [0.3, 0.4) is 0 Å². The summed E-state index contributed by atoms with van der Waals surface area (Å²) in [4.78, 5) is 12.5. The largest absolute Gasteiger partial charge is 0.462 e. The van der Waals surface area contributed by atoms with Crippen LogP contribution < -0.4 is 0 Å². The maximum absolute atomic E-state index is 11.2. The van der Waals surface area contributed by atoms with Crippen LogP contribution in [-0.4, -0.2) is 24.3 Å². The summed E-state index contributed by atoms with van der Waals surface area (Å²) in [6.45, 7) is 1.96. The van der Waals surface area contributed by atoms with Crippen molar-refractivity contribution < 1.29 is 14.6 Å². The Kier molecular flexibility index (Phi) is 4.17. The molecule has 1 N–H and O–H groups in total. The highest BCUT2D eigenvalue weighted by molar-refractivity contribution is 7.14. The number of rotatable bonds is 2. The molecule has 0 amide bonds. The molecule has 0 fully saturated rings. The molecule has 1 aromatic rings. The first-order valence-electron chi connectivity index (χ1n) is 4.14. The molecule has 0 aliphatic heterocycles. The van der Waals surface area contributed by atoms with Crippen LogP contribution >= 0.6 is 11.3 Å². The Morgan fingerprint density at radius 2 is 2.43 bits per heavy atom. The van der Waals surface area contributed by atoms with E-state index in [4.69, 9.17) is 9.84 Å². The van der Waals surface area contributed by atoms with E-state index >= 15 is 0 Å². The Balaban J connectivity index is 2.72. The second-order valence-electron chi connectivity index (χ2n) is 2.34. The fourth-order valence-electron chi connectivity index (χ4n) is 0.844. The van der Waals surface area contributed by atoms with Gasteiger partial charge in [0.25, 0.3) is 0 Å². The lowest BCUT2D eigenvalue weighted by atomic mass is 10.4. The third-order valence-corrected chi connectivity index (χ3v) is 2.35. The van der Waals surface area contributed by atoms with Crippen molar-refractivity contribution in [1.29, 1.82) is 0 Å². The number of hydrogen-bond acceptors (Lipinski definition) is 4. The molecule has 0 atom stereocenters. The molecule has 0 spiro atoms. The number of ether oxygens (including phenoxy) is 1. The van der Waals surface area contributed by atoms with Crippen LogP contribution in [0.15, 0.2) is 12.1 Å². The molecule has 74 valence electrons. The summed E-state index contributed by atoms with van der Waals surface area (Å²) >= 11 is 1.26. The molecule has 0 aliphatic carbocycles. The van der Waals surface area contributed by atoms with Crippen molar-refractivity contribution in [2.45, 2.75) is 6.92 Å². The van der Waals surface area contributed by atoms with Crippen molar-refractivity contribution in [3.05, 3.63) is 21.9 Å². The summed E-state index contributed by atoms with van der Waals surface area (Å²) in [5, 5.41) is 8.47. The molecule has 0 saturated carbocycles. The van der Waals surface area contributed by atoms with Gasteiger partial charge in [0.05, 0.1) is 11.5 Å². The summed E-state index contributed by atoms with van der Waals surface area (Å²) in [5.74, 6) is 4.91. The molecular formula is C10H10O3S. The first kappa shape index (κ1) is 10.8. The number of aliphatic hydroxyl groups excluding tert-OH is 1. The normalized spacial score (nSPS) is 9.00. The van der Waals surface area contributed by atoms with Crippen LogP contribution in [0.5, 0.6) is 0 Å². The zero-order chi connectivity index (χ0) is 10.4. The van der Waals surface area contributed by atoms with E-state index < -0.39 is 0 Å². The van der Waals surface area contributed by atoms with Gasteiger partial charge in [-0.05, 0) is 19.1 Å². The van der Waals surface area contributed by atoms with Gasteiger partial charge in [0.15, 0.2) is 0 Å². The van der Waals surface area contributed by atoms with Gasteiger partial charge in [0, 0.05) is 0 Å². The Hall–Kier alpha value is -1.31. The van der Waals surface area contributed by atoms with Crippen LogP contribution in [-0.2, 0) is 4.74 Å². The van der Waals surface area contributed by atoms with Crippen LogP contribution in [0.4, 0.5) is 0 Å². The zero-order valence-electron chi connectivity index (χ0n) is 7.74. The van der Waals surface area contributed by atoms with Crippen molar-refractivity contribution >= 4 is 17.3 Å². The highest BCUT2D eigenvalue weighted by Crippen LogP contribution is 2.16. The van der Waals surface area contributed by atoms with Gasteiger partial charge < -0.3 is 9.84 Å². The minimum atomic E-state index is -0.324. The minimum Gasteiger partial charge on any atom is -0.462 e. The molecule has 1 aromatic heterocycles. The smallest absolute Gasteiger partial charge is 0.348 e. The number of thiophene rings is 1. The van der Waals surface area contributed by atoms with E-state index in [0.717, 1.165) is 4.88 Å². The average Bonchev–Trinajstić information content (AvgIpc) is 2.63. The summed E-state index contributed by atoms with van der Waals surface area (Å²) in [6.07, 6.45) is 0. The Bertz CT molecular complexity index is 370. The predicted octanol–water partition coefficient (Wildman–Crippen LogP) is 1.27. The molecule has 1 heterocycles. The number of carbonyl (C=O) groups excluding carboxylic acids is 1. The number of carbonyl (C=O) groups is 1. The molecule has 0 aromatic carbocycles. The Morgan fingerprint density at radius 3 is 3.07 bits per heavy atom. The molecule has 1 rings (SSSR count). The lowest BCUT2D eigenvalue weighted by Crippen LogP contribution is -2.01. The summed E-state index contributed by atoms with van der Waals surface area (Å²) in [7, 11) is 0. The van der Waals surface area contributed by atoms with Gasteiger partial charge in [-0.2, -0.15) is 0 Å². The highest BCUT2D eigenvalue weighted by atomic mass is 32.1. The molecule has 4 heteroatoms. The molecule has 0 radical (unpaired) electrons. The van der Waals surface area contributed by atoms with Crippen molar-refractivity contribution in [3.63, 3.8) is 0 Å². The highest BCUT2D eigenvalue weighted by Gasteiger charge is 2.08. The van der Waals surface area contributed by atoms with Gasteiger partial charge in [-0.15, -0.1) is 11.3 Å². The van der Waals surface area contributed by atoms with E-state index in [1.807, 2.05) is 0 Å². The standard InChI is InChI=1S/C10H10O3S/c1-2-13-10(12)9-6-5-8(14-9)4-3-7-11/h5-6,11H,2,7H2,1H3. The van der Waals surface area contributed by atoms with Gasteiger partial charge in [-0.25, -0.2) is 4.79 Å². The second kappa shape index (κ2) is 5.43. The fraction of sp³-hybridized carbons (Fsp3) is 0.300. The average molecular weight is 210 g/mol. The van der Waals surface area contributed by atoms with Crippen LogP contribution in [0, 0.1) is 11.8 Å². The summed E-state index contributed by atoms with van der Waals surface area (Å²) < 4.78 is 4.82. The van der Waals surface area contributed by atoms with E-state index in [9.17, 15) is 4.79 Å². The Morgan fingerprint density at radius 1 is 1.64 bits per heavy atom. The third kappa shape index (κ3) is 2.87. The van der Waals surface area contributed by atoms with E-state index in [2.05, 4.69) is 11.8 Å². The van der Waals surface area contributed by atoms with Gasteiger partial charge in [0.2, 0.25) is 0 Å². The van der Waals surface area contributed by atoms with Gasteiger partial charge in [-0.3, -0.25) is 0 Å². The molecule has 14 heavy (non-hydrogen) atoms. The first-order chi connectivity index (χ1) is 6.77. The molecular weight excluding hydrogens is 200 g/mol. The predicted molar refractivity (Wildman–Crippen MR) is 54.2 cm³/mol. The Labute approximate surface area is 86.3 Å². The van der Waals surface area contributed by atoms with Crippen molar-refractivity contribution in [1.82, 2.24) is 0 Å². The lowest BCUT2D eigenvalue weighted by Gasteiger charge is -1.95. The number of esters is 1. The maximum atomic E-state index is 11.2. The fourth-order valence-corrected chi connectivity index (χ4v) is 1.62. The van der Waals surface area contributed by atoms with E-state index in [1.165, 1.54) is 11.3 Å². The maximum Gasteiger partial charge on any atom is 0.348 e. The van der Waals surface area contributed by atoms with Crippen molar-refractivity contribution in [2.24, 2.45) is 0 Å². The SMILES string of the molecule is CCOC(=O)c1ccc(C#CCO)s1. The van der Waals surface area contributed by atoms with E-state index in [0.29, 0.717) is 11.5 Å². The topological polar surface area (TPSA) is 46.5 Å². The van der Waals surface area contributed by atoms with Gasteiger partial charge >= 0.3 is 5.97 Å². The molecule has 0 bridgehead atoms. The molecule has 0 unspecified atom stereocenters. The van der Waals surface area contributed by atoms with E-state index in [1.54, 1.807) is 19.1 Å². The summed E-state index contributed by atoms with van der Waals surface area (Å²) in [6, 6.07) is 3.41. The molecule has 3 nitrogen and oxygen atoms in total. The number of hydrogen-bond donors (Lipinski definition) is 1. The van der Waals surface area contributed by atoms with Crippen LogP contribution in [0.1, 0.15) is 21.5 Å². The van der Waals surface area contributed by atoms with Gasteiger partial charge in [0.1, 0.15) is 11.5 Å². The van der Waals surface area contributed by atoms with Crippen molar-refractivity contribution in [2.75, 3.05) is 13.2 Å². The van der Waals surface area contributed by atoms with Crippen molar-refractivity contribution in [3.8, 4) is 11.8 Å². The molecule has 0 saturated heterocycles. The third-order valence-electron chi connectivity index (χ3n) is 1.37. The number of aliphatic hydroxyl groups is 1. The van der Waals surface area contributed by atoms with E-state index in [-0.39, 0.29) is 12.6 Å². The van der Waals surface area contributed by atoms with Gasteiger partial charge in [-0.1, -0.05) is 11.8 Å². The molecule has 0 aliphatic rings.